The van der Waals surface area contributed by atoms with Crippen LogP contribution in [-0.4, -0.2) is 130 Å². The molecule has 5 rings (SSSR count). The molecule has 1 saturated carbocycles. The predicted octanol–water partition coefficient (Wildman–Crippen LogP) is 3.99. The summed E-state index contributed by atoms with van der Waals surface area (Å²) in [6.45, 7) is 10.8. The minimum Gasteiger partial charge on any atom is -0.492 e. The first-order valence-corrected chi connectivity index (χ1v) is 22.7. The Kier molecular flexibility index (Phi) is 15.0. The van der Waals surface area contributed by atoms with Crippen LogP contribution >= 0.6 is 0 Å². The Bertz CT molecular complexity index is 1700. The van der Waals surface area contributed by atoms with Gasteiger partial charge in [-0.2, -0.15) is 0 Å². The first-order valence-electron chi connectivity index (χ1n) is 19.1. The molecule has 53 heavy (non-hydrogen) atoms. The summed E-state index contributed by atoms with van der Waals surface area (Å²) in [5, 5.41) is 0. The lowest BCUT2D eigenvalue weighted by molar-refractivity contribution is 0.0326. The highest BCUT2D eigenvalue weighted by molar-refractivity contribution is 7.89. The number of ether oxygens (including phenoxy) is 4. The molecule has 2 saturated heterocycles. The highest BCUT2D eigenvalue weighted by Gasteiger charge is 2.39. The lowest BCUT2D eigenvalue weighted by Crippen LogP contribution is -2.59. The molecule has 0 bridgehead atoms. The van der Waals surface area contributed by atoms with E-state index in [4.69, 9.17) is 18.9 Å². The Hall–Kier alpha value is -2.30. The average molecular weight is 779 g/mol. The Morgan fingerprint density at radius 3 is 1.96 bits per heavy atom. The van der Waals surface area contributed by atoms with Crippen LogP contribution < -0.4 is 18.9 Å². The summed E-state index contributed by atoms with van der Waals surface area (Å²) in [4.78, 5) is 4.58. The van der Waals surface area contributed by atoms with E-state index in [1.54, 1.807) is 14.2 Å². The number of nitrogens with one attached hydrogen (secondary N) is 2. The van der Waals surface area contributed by atoms with Gasteiger partial charge in [0, 0.05) is 58.0 Å². The van der Waals surface area contributed by atoms with Crippen LogP contribution in [0.25, 0.3) is 0 Å². The van der Waals surface area contributed by atoms with Gasteiger partial charge in [0.2, 0.25) is 20.0 Å². The monoisotopic (exact) mass is 778 g/mol. The zero-order chi connectivity index (χ0) is 38.2. The van der Waals surface area contributed by atoms with Gasteiger partial charge in [0.1, 0.15) is 24.7 Å². The van der Waals surface area contributed by atoms with Gasteiger partial charge in [-0.05, 0) is 100 Å². The van der Waals surface area contributed by atoms with Crippen LogP contribution in [0.5, 0.6) is 11.5 Å². The molecule has 2 heterocycles. The summed E-state index contributed by atoms with van der Waals surface area (Å²) >= 11 is 0. The SMILES string of the molecule is COC[C@H]1[C@@H](NS(C)(=O)=O)CC(c2ccc(OCCN3CCC[C@H](NS(=O)(=O)CC4CCC4)[C@@H]3COC)c(C)c2)CN1CCOc1ccc(C)cc1C. The number of aryl methyl sites for hydroxylation is 3. The lowest BCUT2D eigenvalue weighted by Gasteiger charge is -2.44. The Morgan fingerprint density at radius 1 is 0.755 bits per heavy atom. The molecule has 2 aliphatic heterocycles. The van der Waals surface area contributed by atoms with Crippen molar-refractivity contribution in [1.82, 2.24) is 19.2 Å². The molecular formula is C39H62N4O8S2. The molecule has 0 aromatic heterocycles. The molecule has 1 aliphatic carbocycles. The van der Waals surface area contributed by atoms with Gasteiger partial charge >= 0.3 is 0 Å². The van der Waals surface area contributed by atoms with Gasteiger partial charge in [-0.3, -0.25) is 9.80 Å². The van der Waals surface area contributed by atoms with E-state index in [2.05, 4.69) is 44.4 Å². The molecule has 0 spiro atoms. The molecule has 14 heteroatoms. The van der Waals surface area contributed by atoms with Gasteiger partial charge in [0.15, 0.2) is 0 Å². The fourth-order valence-electron chi connectivity index (χ4n) is 8.28. The van der Waals surface area contributed by atoms with Crippen LogP contribution in [0.3, 0.4) is 0 Å². The second-order valence-electron chi connectivity index (χ2n) is 15.4. The van der Waals surface area contributed by atoms with Gasteiger partial charge in [0.05, 0.1) is 25.2 Å². The minimum atomic E-state index is -3.47. The third-order valence-corrected chi connectivity index (χ3v) is 13.4. The van der Waals surface area contributed by atoms with Crippen molar-refractivity contribution in [2.75, 3.05) is 78.8 Å². The van der Waals surface area contributed by atoms with E-state index < -0.39 is 20.0 Å². The van der Waals surface area contributed by atoms with E-state index in [0.29, 0.717) is 45.9 Å². The Labute approximate surface area is 318 Å². The number of benzene rings is 2. The molecule has 3 aliphatic rings. The normalized spacial score (nSPS) is 24.9. The smallest absolute Gasteiger partial charge is 0.212 e. The first-order chi connectivity index (χ1) is 25.2. The van der Waals surface area contributed by atoms with Crippen molar-refractivity contribution in [3.8, 4) is 11.5 Å². The quantitative estimate of drug-likeness (QED) is 0.216. The number of sulfonamides is 2. The zero-order valence-corrected chi connectivity index (χ0v) is 34.1. The number of likely N-dealkylation sites (tertiary alicyclic amines) is 2. The van der Waals surface area contributed by atoms with Crippen LogP contribution in [0.15, 0.2) is 36.4 Å². The summed E-state index contributed by atoms with van der Waals surface area (Å²) in [5.41, 5.74) is 4.40. The molecule has 298 valence electrons. The fourth-order valence-corrected chi connectivity index (χ4v) is 10.9. The van der Waals surface area contributed by atoms with Crippen LogP contribution in [0.4, 0.5) is 0 Å². The van der Waals surface area contributed by atoms with E-state index in [0.717, 1.165) is 73.4 Å². The van der Waals surface area contributed by atoms with E-state index >= 15 is 0 Å². The maximum atomic E-state index is 13.0. The molecule has 2 N–H and O–H groups in total. The number of rotatable bonds is 19. The highest BCUT2D eigenvalue weighted by Crippen LogP contribution is 2.34. The molecule has 0 amide bonds. The Balaban J connectivity index is 1.22. The third-order valence-electron chi connectivity index (χ3n) is 11.1. The van der Waals surface area contributed by atoms with Crippen molar-refractivity contribution in [3.05, 3.63) is 58.7 Å². The topological polar surface area (TPSA) is 136 Å². The van der Waals surface area contributed by atoms with Crippen molar-refractivity contribution in [1.29, 1.82) is 0 Å². The molecule has 2 aromatic carbocycles. The number of hydrogen-bond acceptors (Lipinski definition) is 10. The maximum absolute atomic E-state index is 13.0. The van der Waals surface area contributed by atoms with Crippen LogP contribution in [-0.2, 0) is 29.5 Å². The van der Waals surface area contributed by atoms with E-state index in [9.17, 15) is 16.8 Å². The van der Waals surface area contributed by atoms with Crippen LogP contribution in [0.1, 0.15) is 66.7 Å². The van der Waals surface area contributed by atoms with E-state index in [1.807, 2.05) is 32.0 Å². The molecule has 2 aromatic rings. The number of piperidine rings is 2. The van der Waals surface area contributed by atoms with Crippen molar-refractivity contribution >= 4 is 20.0 Å². The summed E-state index contributed by atoms with van der Waals surface area (Å²) in [6, 6.07) is 11.7. The number of hydrogen-bond donors (Lipinski definition) is 2. The average Bonchev–Trinajstić information content (AvgIpc) is 3.06. The van der Waals surface area contributed by atoms with Crippen molar-refractivity contribution in [2.45, 2.75) is 89.4 Å². The molecular weight excluding hydrogens is 717 g/mol. The molecule has 1 unspecified atom stereocenters. The number of methoxy groups -OCH3 is 2. The van der Waals surface area contributed by atoms with Crippen molar-refractivity contribution in [2.24, 2.45) is 5.92 Å². The summed E-state index contributed by atoms with van der Waals surface area (Å²) < 4.78 is 80.6. The maximum Gasteiger partial charge on any atom is 0.212 e. The second kappa shape index (κ2) is 19.0. The van der Waals surface area contributed by atoms with Gasteiger partial charge in [-0.15, -0.1) is 0 Å². The van der Waals surface area contributed by atoms with Gasteiger partial charge in [-0.25, -0.2) is 26.3 Å². The summed E-state index contributed by atoms with van der Waals surface area (Å²) in [5.74, 6) is 2.21. The summed E-state index contributed by atoms with van der Waals surface area (Å²) in [6.07, 6.45) is 6.65. The van der Waals surface area contributed by atoms with Crippen molar-refractivity contribution < 1.29 is 35.8 Å². The van der Waals surface area contributed by atoms with Crippen molar-refractivity contribution in [3.63, 3.8) is 0 Å². The van der Waals surface area contributed by atoms with E-state index in [1.165, 1.54) is 11.8 Å². The van der Waals surface area contributed by atoms with Crippen LogP contribution in [0.2, 0.25) is 0 Å². The minimum absolute atomic E-state index is 0.0621. The highest BCUT2D eigenvalue weighted by atomic mass is 32.2. The predicted molar refractivity (Wildman–Crippen MR) is 209 cm³/mol. The molecule has 5 atom stereocenters. The van der Waals surface area contributed by atoms with Gasteiger partial charge in [0.25, 0.3) is 0 Å². The molecule has 0 radical (unpaired) electrons. The summed E-state index contributed by atoms with van der Waals surface area (Å²) in [7, 11) is -3.51. The molecule has 12 nitrogen and oxygen atoms in total. The number of nitrogens with zero attached hydrogens (tertiary/aromatic N) is 2. The zero-order valence-electron chi connectivity index (χ0n) is 32.5. The van der Waals surface area contributed by atoms with Gasteiger partial charge < -0.3 is 18.9 Å². The largest absolute Gasteiger partial charge is 0.492 e. The first kappa shape index (κ1) is 41.9. The third kappa shape index (κ3) is 12.1. The van der Waals surface area contributed by atoms with Gasteiger partial charge in [-0.1, -0.05) is 36.2 Å². The molecule has 3 fully saturated rings. The lowest BCUT2D eigenvalue weighted by atomic mass is 9.84. The van der Waals surface area contributed by atoms with E-state index in [-0.39, 0.29) is 41.8 Å². The fraction of sp³-hybridized carbons (Fsp3) is 0.692. The second-order valence-corrected chi connectivity index (χ2v) is 19.0. The Morgan fingerprint density at radius 2 is 1.38 bits per heavy atom. The standard InChI is InChI=1S/C39H62N4O8S2/c1-28-12-14-38(29(2)21-28)51-20-18-43-24-33(23-35(37(43)26-49-5)40-52(6,44)45)32-13-15-39(30(3)22-32)50-19-17-42-16-8-11-34(36(42)25-48-4)41-53(46,47)27-31-9-7-10-31/h12-15,21-22,31,33-37,40-41H,7-11,16-20,23-27H2,1-6H3/t33?,34-,35-,36-,37-/m0/s1. The van der Waals surface area contributed by atoms with Crippen LogP contribution in [0, 0.1) is 26.7 Å².